The molecule has 28 heavy (non-hydrogen) atoms. The minimum absolute atomic E-state index is 0.0307. The zero-order valence-corrected chi connectivity index (χ0v) is 18.2. The SMILES string of the molecule is CCCCCCCCCCCC(=O)NC(CCCC[NH+]=C(N)N)C(=O)NCC. The Labute approximate surface area is 171 Å². The van der Waals surface area contributed by atoms with Gasteiger partial charge < -0.3 is 10.6 Å². The minimum atomic E-state index is -0.467. The van der Waals surface area contributed by atoms with Crippen molar-refractivity contribution < 1.29 is 14.6 Å². The number of guanidine groups is 1. The van der Waals surface area contributed by atoms with Crippen molar-refractivity contribution in [3.8, 4) is 0 Å². The molecule has 7 nitrogen and oxygen atoms in total. The molecule has 7 N–H and O–H groups in total. The first-order valence-electron chi connectivity index (χ1n) is 11.2. The van der Waals surface area contributed by atoms with Gasteiger partial charge in [0.2, 0.25) is 11.8 Å². The molecule has 0 spiro atoms. The first-order chi connectivity index (χ1) is 13.5. The Hall–Kier alpha value is -1.79. The molecule has 7 heteroatoms. The molecule has 0 bridgehead atoms. The molecule has 0 rings (SSSR count). The van der Waals surface area contributed by atoms with Crippen molar-refractivity contribution in [2.24, 2.45) is 11.5 Å². The van der Waals surface area contributed by atoms with Gasteiger partial charge in [-0.1, -0.05) is 58.3 Å². The minimum Gasteiger partial charge on any atom is -0.355 e. The van der Waals surface area contributed by atoms with Crippen LogP contribution in [-0.4, -0.2) is 36.9 Å². The lowest BCUT2D eigenvalue weighted by Gasteiger charge is -2.18. The molecule has 0 radical (unpaired) electrons. The Bertz CT molecular complexity index is 437. The third-order valence-electron chi connectivity index (χ3n) is 4.76. The average molecular weight is 399 g/mol. The maximum Gasteiger partial charge on any atom is 0.338 e. The topological polar surface area (TPSA) is 124 Å². The summed E-state index contributed by atoms with van der Waals surface area (Å²) in [4.78, 5) is 27.3. The van der Waals surface area contributed by atoms with Crippen LogP contribution < -0.4 is 27.1 Å². The first-order valence-corrected chi connectivity index (χ1v) is 11.2. The number of hydrogen-bond acceptors (Lipinski definition) is 2. The fourth-order valence-electron chi connectivity index (χ4n) is 3.14. The summed E-state index contributed by atoms with van der Waals surface area (Å²) in [7, 11) is 0. The van der Waals surface area contributed by atoms with Crippen LogP contribution in [0.2, 0.25) is 0 Å². The summed E-state index contributed by atoms with van der Waals surface area (Å²) in [6, 6.07) is -0.467. The lowest BCUT2D eigenvalue weighted by atomic mass is 10.1. The van der Waals surface area contributed by atoms with Crippen LogP contribution in [0.25, 0.3) is 0 Å². The second kappa shape index (κ2) is 18.6. The molecule has 1 atom stereocenters. The third kappa shape index (κ3) is 16.4. The average Bonchev–Trinajstić information content (AvgIpc) is 2.65. The van der Waals surface area contributed by atoms with Crippen molar-refractivity contribution in [2.45, 2.75) is 103 Å². The van der Waals surface area contributed by atoms with Gasteiger partial charge in [-0.15, -0.1) is 0 Å². The van der Waals surface area contributed by atoms with Gasteiger partial charge in [0.05, 0.1) is 6.54 Å². The Balaban J connectivity index is 3.99. The number of likely N-dealkylation sites (N-methyl/N-ethyl adjacent to an activating group) is 1. The van der Waals surface area contributed by atoms with Crippen LogP contribution in [0, 0.1) is 0 Å². The summed E-state index contributed by atoms with van der Waals surface area (Å²) in [6.45, 7) is 5.33. The molecule has 0 aromatic carbocycles. The quantitative estimate of drug-likeness (QED) is 0.134. The van der Waals surface area contributed by atoms with Gasteiger partial charge in [-0.2, -0.15) is 0 Å². The van der Waals surface area contributed by atoms with Crippen LogP contribution >= 0.6 is 0 Å². The van der Waals surface area contributed by atoms with E-state index < -0.39 is 6.04 Å². The molecule has 0 aliphatic rings. The highest BCUT2D eigenvalue weighted by atomic mass is 16.2. The summed E-state index contributed by atoms with van der Waals surface area (Å²) >= 11 is 0. The first kappa shape index (κ1) is 26.2. The number of carbonyl (C=O) groups is 2. The molecule has 0 fully saturated rings. The van der Waals surface area contributed by atoms with E-state index in [1.165, 1.54) is 44.9 Å². The number of nitrogens with one attached hydrogen (secondary N) is 3. The summed E-state index contributed by atoms with van der Waals surface area (Å²) in [6.07, 6.45) is 13.7. The predicted octanol–water partition coefficient (Wildman–Crippen LogP) is 1.05. The standard InChI is InChI=1S/C21H43N5O2/c1-3-5-6-7-8-9-10-11-12-16-19(27)26-18(20(28)24-4-2)15-13-14-17-25-21(22)23/h18H,3-17H2,1-2H3,(H,24,28)(H,26,27)(H4,22,23,25)/p+1. The maximum atomic E-state index is 12.2. The van der Waals surface area contributed by atoms with Gasteiger partial charge in [-0.3, -0.25) is 26.0 Å². The van der Waals surface area contributed by atoms with Gasteiger partial charge in [-0.05, 0) is 32.6 Å². The Morgan fingerprint density at radius 1 is 0.857 bits per heavy atom. The molecule has 164 valence electrons. The number of unbranched alkanes of at least 4 members (excludes halogenated alkanes) is 9. The van der Waals surface area contributed by atoms with E-state index in [0.717, 1.165) is 25.7 Å². The van der Waals surface area contributed by atoms with Gasteiger partial charge in [0.15, 0.2) is 0 Å². The smallest absolute Gasteiger partial charge is 0.338 e. The van der Waals surface area contributed by atoms with Crippen molar-refractivity contribution >= 4 is 17.8 Å². The molecule has 0 aromatic heterocycles. The van der Waals surface area contributed by atoms with E-state index in [9.17, 15) is 9.59 Å². The van der Waals surface area contributed by atoms with E-state index in [1.807, 2.05) is 6.92 Å². The lowest BCUT2D eigenvalue weighted by Crippen LogP contribution is -2.78. The molecule has 0 saturated carbocycles. The zero-order valence-electron chi connectivity index (χ0n) is 18.2. The van der Waals surface area contributed by atoms with Crippen LogP contribution in [0.15, 0.2) is 0 Å². The molecular formula is C21H44N5O2+. The molecule has 0 aliphatic carbocycles. The zero-order chi connectivity index (χ0) is 21.0. The van der Waals surface area contributed by atoms with Crippen LogP contribution in [0.3, 0.4) is 0 Å². The van der Waals surface area contributed by atoms with Crippen LogP contribution in [0.4, 0.5) is 0 Å². The fraction of sp³-hybridized carbons (Fsp3) is 0.857. The van der Waals surface area contributed by atoms with Crippen molar-refractivity contribution in [1.82, 2.24) is 10.6 Å². The van der Waals surface area contributed by atoms with E-state index in [4.69, 9.17) is 11.5 Å². The van der Waals surface area contributed by atoms with Crippen LogP contribution in [-0.2, 0) is 9.59 Å². The van der Waals surface area contributed by atoms with Crippen molar-refractivity contribution in [3.63, 3.8) is 0 Å². The highest BCUT2D eigenvalue weighted by Crippen LogP contribution is 2.10. The largest absolute Gasteiger partial charge is 0.355 e. The second-order valence-corrected chi connectivity index (χ2v) is 7.47. The van der Waals surface area contributed by atoms with Crippen molar-refractivity contribution in [1.29, 1.82) is 0 Å². The monoisotopic (exact) mass is 398 g/mol. The lowest BCUT2D eigenvalue weighted by molar-refractivity contribution is -0.459. The summed E-state index contributed by atoms with van der Waals surface area (Å²) < 4.78 is 0. The fourth-order valence-corrected chi connectivity index (χ4v) is 3.14. The van der Waals surface area contributed by atoms with E-state index in [-0.39, 0.29) is 17.8 Å². The molecule has 2 amide bonds. The molecule has 0 aromatic rings. The van der Waals surface area contributed by atoms with Crippen molar-refractivity contribution in [2.75, 3.05) is 13.1 Å². The second-order valence-electron chi connectivity index (χ2n) is 7.47. The van der Waals surface area contributed by atoms with Gasteiger partial charge in [0.1, 0.15) is 6.04 Å². The number of hydrogen-bond donors (Lipinski definition) is 5. The van der Waals surface area contributed by atoms with Gasteiger partial charge >= 0.3 is 5.96 Å². The Morgan fingerprint density at radius 2 is 1.46 bits per heavy atom. The van der Waals surface area contributed by atoms with Crippen LogP contribution in [0.5, 0.6) is 0 Å². The third-order valence-corrected chi connectivity index (χ3v) is 4.76. The van der Waals surface area contributed by atoms with E-state index in [0.29, 0.717) is 25.9 Å². The normalized spacial score (nSPS) is 11.6. The molecule has 0 heterocycles. The Kier molecular flexibility index (Phi) is 17.4. The number of carbonyl (C=O) groups excluding carboxylic acids is 2. The molecular weight excluding hydrogens is 354 g/mol. The van der Waals surface area contributed by atoms with Gasteiger partial charge in [0, 0.05) is 13.0 Å². The van der Waals surface area contributed by atoms with Crippen molar-refractivity contribution in [3.05, 3.63) is 0 Å². The summed E-state index contributed by atoms with van der Waals surface area (Å²) in [5, 5.41) is 5.70. The van der Waals surface area contributed by atoms with Gasteiger partial charge in [0.25, 0.3) is 0 Å². The number of nitrogens with two attached hydrogens (primary N) is 2. The molecule has 1 unspecified atom stereocenters. The molecule has 0 aliphatic heterocycles. The van der Waals surface area contributed by atoms with E-state index >= 15 is 0 Å². The maximum absolute atomic E-state index is 12.2. The van der Waals surface area contributed by atoms with E-state index in [1.54, 1.807) is 0 Å². The summed E-state index contributed by atoms with van der Waals surface area (Å²) in [5.74, 6) is 0.0622. The highest BCUT2D eigenvalue weighted by Gasteiger charge is 2.19. The van der Waals surface area contributed by atoms with Gasteiger partial charge in [-0.25, -0.2) is 0 Å². The highest BCUT2D eigenvalue weighted by molar-refractivity contribution is 5.87. The number of amides is 2. The summed E-state index contributed by atoms with van der Waals surface area (Å²) in [5.41, 5.74) is 10.7. The molecule has 0 saturated heterocycles. The van der Waals surface area contributed by atoms with Crippen LogP contribution in [0.1, 0.15) is 97.3 Å². The Morgan fingerprint density at radius 3 is 2.04 bits per heavy atom. The predicted molar refractivity (Wildman–Crippen MR) is 116 cm³/mol. The number of rotatable bonds is 18. The van der Waals surface area contributed by atoms with E-state index in [2.05, 4.69) is 22.5 Å².